The van der Waals surface area contributed by atoms with Crippen molar-refractivity contribution in [1.29, 1.82) is 0 Å². The fourth-order valence-corrected chi connectivity index (χ4v) is 4.27. The molecule has 0 aromatic carbocycles. The molecular formula is C15H20O4. The van der Waals surface area contributed by atoms with Crippen molar-refractivity contribution in [3.8, 4) is 0 Å². The monoisotopic (exact) mass is 264 g/mol. The lowest BCUT2D eigenvalue weighted by Crippen LogP contribution is -2.47. The number of aliphatic hydroxyl groups excluding tert-OH is 1. The average Bonchev–Trinajstić information content (AvgIpc) is 2.77. The maximum atomic E-state index is 12.2. The topological polar surface area (TPSA) is 63.6 Å². The van der Waals surface area contributed by atoms with Crippen LogP contribution in [0, 0.1) is 29.1 Å². The SMILES string of the molecule is CC1CC2OC(=O)C(C)C2C(O)C2(C)C(=O)C=CC12. The van der Waals surface area contributed by atoms with E-state index in [-0.39, 0.29) is 41.5 Å². The summed E-state index contributed by atoms with van der Waals surface area (Å²) in [6.45, 7) is 5.69. The van der Waals surface area contributed by atoms with E-state index in [4.69, 9.17) is 4.74 Å². The number of aliphatic hydroxyl groups is 1. The molecule has 0 radical (unpaired) electrons. The van der Waals surface area contributed by atoms with E-state index < -0.39 is 11.5 Å². The summed E-state index contributed by atoms with van der Waals surface area (Å²) in [6, 6.07) is 0. The van der Waals surface area contributed by atoms with Gasteiger partial charge >= 0.3 is 5.97 Å². The number of hydrogen-bond donors (Lipinski definition) is 1. The van der Waals surface area contributed by atoms with Gasteiger partial charge in [-0.15, -0.1) is 0 Å². The van der Waals surface area contributed by atoms with Crippen molar-refractivity contribution in [2.24, 2.45) is 29.1 Å². The third-order valence-electron chi connectivity index (χ3n) is 5.52. The summed E-state index contributed by atoms with van der Waals surface area (Å²) in [7, 11) is 0. The molecule has 1 aliphatic heterocycles. The van der Waals surface area contributed by atoms with Gasteiger partial charge in [-0.25, -0.2) is 0 Å². The third-order valence-corrected chi connectivity index (χ3v) is 5.52. The van der Waals surface area contributed by atoms with E-state index in [0.717, 1.165) is 6.42 Å². The number of hydrogen-bond acceptors (Lipinski definition) is 4. The summed E-state index contributed by atoms with van der Waals surface area (Å²) in [5, 5.41) is 10.8. The average molecular weight is 264 g/mol. The molecule has 0 spiro atoms. The highest BCUT2D eigenvalue weighted by Crippen LogP contribution is 2.53. The predicted octanol–water partition coefficient (Wildman–Crippen LogP) is 1.33. The Morgan fingerprint density at radius 2 is 2.05 bits per heavy atom. The van der Waals surface area contributed by atoms with Gasteiger partial charge in [0.25, 0.3) is 0 Å². The molecule has 19 heavy (non-hydrogen) atoms. The highest BCUT2D eigenvalue weighted by molar-refractivity contribution is 5.98. The Morgan fingerprint density at radius 3 is 2.74 bits per heavy atom. The van der Waals surface area contributed by atoms with Crippen molar-refractivity contribution in [3.05, 3.63) is 12.2 Å². The number of esters is 1. The van der Waals surface area contributed by atoms with E-state index in [2.05, 4.69) is 6.92 Å². The molecule has 0 aromatic rings. The first-order valence-corrected chi connectivity index (χ1v) is 6.98. The maximum Gasteiger partial charge on any atom is 0.309 e. The molecule has 1 heterocycles. The number of carbonyl (C=O) groups excluding carboxylic acids is 2. The zero-order chi connectivity index (χ0) is 13.9. The Bertz CT molecular complexity index is 469. The molecule has 2 fully saturated rings. The summed E-state index contributed by atoms with van der Waals surface area (Å²) in [5.41, 5.74) is -0.804. The second-order valence-corrected chi connectivity index (χ2v) is 6.53. The summed E-state index contributed by atoms with van der Waals surface area (Å²) in [6.07, 6.45) is 3.15. The largest absolute Gasteiger partial charge is 0.462 e. The molecular weight excluding hydrogens is 244 g/mol. The lowest BCUT2D eigenvalue weighted by atomic mass is 9.67. The van der Waals surface area contributed by atoms with Crippen molar-refractivity contribution < 1.29 is 19.4 Å². The van der Waals surface area contributed by atoms with Crippen LogP contribution in [0.5, 0.6) is 0 Å². The molecule has 7 atom stereocenters. The zero-order valence-corrected chi connectivity index (χ0v) is 11.5. The Kier molecular flexibility index (Phi) is 2.65. The Hall–Kier alpha value is -1.16. The number of rotatable bonds is 0. The van der Waals surface area contributed by atoms with Gasteiger partial charge < -0.3 is 9.84 Å². The minimum atomic E-state index is -0.823. The summed E-state index contributed by atoms with van der Waals surface area (Å²) >= 11 is 0. The summed E-state index contributed by atoms with van der Waals surface area (Å²) in [4.78, 5) is 24.0. The van der Waals surface area contributed by atoms with Crippen molar-refractivity contribution in [2.45, 2.75) is 39.4 Å². The van der Waals surface area contributed by atoms with Crippen molar-refractivity contribution in [3.63, 3.8) is 0 Å². The first-order chi connectivity index (χ1) is 8.87. The van der Waals surface area contributed by atoms with Crippen LogP contribution in [0.4, 0.5) is 0 Å². The number of ether oxygens (including phenoxy) is 1. The van der Waals surface area contributed by atoms with Crippen molar-refractivity contribution in [2.75, 3.05) is 0 Å². The second kappa shape index (κ2) is 3.92. The van der Waals surface area contributed by atoms with Crippen LogP contribution in [-0.2, 0) is 14.3 Å². The van der Waals surface area contributed by atoms with Crippen LogP contribution in [0.1, 0.15) is 27.2 Å². The normalized spacial score (nSPS) is 52.6. The second-order valence-electron chi connectivity index (χ2n) is 6.53. The highest BCUT2D eigenvalue weighted by Gasteiger charge is 2.60. The van der Waals surface area contributed by atoms with Crippen molar-refractivity contribution in [1.82, 2.24) is 0 Å². The van der Waals surface area contributed by atoms with Gasteiger partial charge in [-0.05, 0) is 31.3 Å². The lowest BCUT2D eigenvalue weighted by molar-refractivity contribution is -0.144. The molecule has 2 aliphatic carbocycles. The number of fused-ring (bicyclic) bond motifs is 2. The molecule has 1 N–H and O–H groups in total. The third kappa shape index (κ3) is 1.49. The predicted molar refractivity (Wildman–Crippen MR) is 68.1 cm³/mol. The Morgan fingerprint density at radius 1 is 1.37 bits per heavy atom. The van der Waals surface area contributed by atoms with Gasteiger partial charge in [-0.2, -0.15) is 0 Å². The fourth-order valence-electron chi connectivity index (χ4n) is 4.27. The first kappa shape index (κ1) is 12.9. The van der Waals surface area contributed by atoms with Crippen LogP contribution in [0.3, 0.4) is 0 Å². The van der Waals surface area contributed by atoms with Gasteiger partial charge in [0.2, 0.25) is 0 Å². The molecule has 4 nitrogen and oxygen atoms in total. The number of ketones is 1. The van der Waals surface area contributed by atoms with Gasteiger partial charge in [0.15, 0.2) is 5.78 Å². The minimum absolute atomic E-state index is 0.0240. The summed E-state index contributed by atoms with van der Waals surface area (Å²) in [5.74, 6) is -0.627. The molecule has 7 unspecified atom stereocenters. The molecule has 1 saturated heterocycles. The smallest absolute Gasteiger partial charge is 0.309 e. The van der Waals surface area contributed by atoms with E-state index in [1.807, 2.05) is 13.0 Å². The van der Waals surface area contributed by atoms with E-state index in [9.17, 15) is 14.7 Å². The van der Waals surface area contributed by atoms with Crippen LogP contribution in [0.15, 0.2) is 12.2 Å². The Labute approximate surface area is 112 Å². The molecule has 3 rings (SSSR count). The molecule has 0 bridgehead atoms. The minimum Gasteiger partial charge on any atom is -0.462 e. The van der Waals surface area contributed by atoms with Crippen LogP contribution in [-0.4, -0.2) is 29.1 Å². The van der Waals surface area contributed by atoms with Crippen LogP contribution in [0.25, 0.3) is 0 Å². The highest BCUT2D eigenvalue weighted by atomic mass is 16.6. The van der Waals surface area contributed by atoms with Crippen molar-refractivity contribution >= 4 is 11.8 Å². The number of allylic oxidation sites excluding steroid dienone is 2. The maximum absolute atomic E-state index is 12.2. The molecule has 3 aliphatic rings. The first-order valence-electron chi connectivity index (χ1n) is 6.98. The molecule has 0 amide bonds. The van der Waals surface area contributed by atoms with E-state index in [1.54, 1.807) is 13.0 Å². The standard InChI is InChI=1S/C15H20O4/c1-7-6-10-12(8(2)14(18)19-10)13(17)15(3)9(7)4-5-11(15)16/h4-5,7-10,12-13,17H,6H2,1-3H3. The van der Waals surface area contributed by atoms with E-state index in [1.165, 1.54) is 0 Å². The van der Waals surface area contributed by atoms with E-state index >= 15 is 0 Å². The summed E-state index contributed by atoms with van der Waals surface area (Å²) < 4.78 is 5.41. The molecule has 104 valence electrons. The van der Waals surface area contributed by atoms with Gasteiger partial charge in [0.1, 0.15) is 6.10 Å². The van der Waals surface area contributed by atoms with Crippen LogP contribution in [0.2, 0.25) is 0 Å². The van der Waals surface area contributed by atoms with Gasteiger partial charge in [0, 0.05) is 5.92 Å². The molecule has 4 heteroatoms. The van der Waals surface area contributed by atoms with Gasteiger partial charge in [-0.3, -0.25) is 9.59 Å². The quantitative estimate of drug-likeness (QED) is 0.670. The fraction of sp³-hybridized carbons (Fsp3) is 0.733. The molecule has 0 aromatic heterocycles. The van der Waals surface area contributed by atoms with E-state index in [0.29, 0.717) is 0 Å². The van der Waals surface area contributed by atoms with Crippen LogP contribution >= 0.6 is 0 Å². The van der Waals surface area contributed by atoms with Crippen LogP contribution < -0.4 is 0 Å². The lowest BCUT2D eigenvalue weighted by Gasteiger charge is -2.37. The number of carbonyl (C=O) groups is 2. The Balaban J connectivity index is 2.06. The van der Waals surface area contributed by atoms with Gasteiger partial charge in [0.05, 0.1) is 17.4 Å². The van der Waals surface area contributed by atoms with Gasteiger partial charge in [-0.1, -0.05) is 19.9 Å². The zero-order valence-electron chi connectivity index (χ0n) is 11.5. The molecule has 1 saturated carbocycles.